The number of nitrogens with one attached hydrogen (secondary N) is 1. The van der Waals surface area contributed by atoms with Crippen LogP contribution >= 0.6 is 11.6 Å². The molecule has 0 amide bonds. The van der Waals surface area contributed by atoms with Gasteiger partial charge in [0.15, 0.2) is 0 Å². The van der Waals surface area contributed by atoms with Crippen LogP contribution < -0.4 is 10.1 Å². The van der Waals surface area contributed by atoms with Crippen LogP contribution in [0.1, 0.15) is 16.7 Å². The molecule has 0 spiro atoms. The Balaban J connectivity index is 1.47. The first kappa shape index (κ1) is 13.5. The zero-order valence-corrected chi connectivity index (χ0v) is 12.1. The third-order valence-corrected chi connectivity index (χ3v) is 3.84. The van der Waals surface area contributed by atoms with Crippen LogP contribution in [0, 0.1) is 0 Å². The molecule has 0 saturated carbocycles. The van der Waals surface area contributed by atoms with Crippen molar-refractivity contribution in [2.45, 2.75) is 19.4 Å². The molecular formula is C17H18ClNO. The minimum absolute atomic E-state index is 0.794. The molecule has 0 aliphatic carbocycles. The van der Waals surface area contributed by atoms with Crippen LogP contribution in [0.25, 0.3) is 0 Å². The number of ether oxygens (including phenoxy) is 1. The quantitative estimate of drug-likeness (QED) is 0.848. The fraction of sp³-hybridized carbons (Fsp3) is 0.294. The van der Waals surface area contributed by atoms with Crippen LogP contribution in [-0.4, -0.2) is 13.2 Å². The molecule has 3 heteroatoms. The fourth-order valence-corrected chi connectivity index (χ4v) is 2.59. The summed E-state index contributed by atoms with van der Waals surface area (Å²) >= 11 is 5.87. The molecule has 1 heterocycles. The third-order valence-electron chi connectivity index (χ3n) is 3.59. The summed E-state index contributed by atoms with van der Waals surface area (Å²) in [7, 11) is 0. The maximum Gasteiger partial charge on any atom is 0.122 e. The summed E-state index contributed by atoms with van der Waals surface area (Å²) in [5, 5.41) is 4.28. The van der Waals surface area contributed by atoms with Crippen molar-refractivity contribution in [3.05, 3.63) is 64.2 Å². The zero-order chi connectivity index (χ0) is 13.8. The molecule has 20 heavy (non-hydrogen) atoms. The van der Waals surface area contributed by atoms with Crippen LogP contribution in [0.15, 0.2) is 42.5 Å². The summed E-state index contributed by atoms with van der Waals surface area (Å²) < 4.78 is 5.52. The number of fused-ring (bicyclic) bond motifs is 1. The Morgan fingerprint density at radius 3 is 2.70 bits per heavy atom. The van der Waals surface area contributed by atoms with E-state index in [1.165, 1.54) is 16.7 Å². The lowest BCUT2D eigenvalue weighted by molar-refractivity contribution is 0.357. The van der Waals surface area contributed by atoms with E-state index in [1.807, 2.05) is 12.1 Å². The van der Waals surface area contributed by atoms with Gasteiger partial charge in [-0.25, -0.2) is 0 Å². The predicted octanol–water partition coefficient (Wildman–Crippen LogP) is 3.61. The molecule has 2 aromatic rings. The normalized spacial score (nSPS) is 13.1. The summed E-state index contributed by atoms with van der Waals surface area (Å²) in [5.41, 5.74) is 3.97. The van der Waals surface area contributed by atoms with E-state index in [1.54, 1.807) is 0 Å². The minimum Gasteiger partial charge on any atom is -0.493 e. The Labute approximate surface area is 124 Å². The van der Waals surface area contributed by atoms with Gasteiger partial charge in [-0.1, -0.05) is 35.9 Å². The van der Waals surface area contributed by atoms with E-state index in [2.05, 4.69) is 35.6 Å². The van der Waals surface area contributed by atoms with Crippen molar-refractivity contribution in [1.82, 2.24) is 5.32 Å². The topological polar surface area (TPSA) is 21.3 Å². The molecule has 104 valence electrons. The smallest absolute Gasteiger partial charge is 0.122 e. The van der Waals surface area contributed by atoms with Crippen molar-refractivity contribution in [1.29, 1.82) is 0 Å². The third kappa shape index (κ3) is 3.33. The second-order valence-corrected chi connectivity index (χ2v) is 5.53. The predicted molar refractivity (Wildman–Crippen MR) is 82.5 cm³/mol. The van der Waals surface area contributed by atoms with Gasteiger partial charge in [-0.3, -0.25) is 0 Å². The molecule has 1 aliphatic heterocycles. The van der Waals surface area contributed by atoms with Crippen molar-refractivity contribution < 1.29 is 4.74 Å². The number of hydrogen-bond donors (Lipinski definition) is 1. The van der Waals surface area contributed by atoms with Gasteiger partial charge in [0.05, 0.1) is 6.61 Å². The Morgan fingerprint density at radius 2 is 1.85 bits per heavy atom. The molecule has 0 aromatic heterocycles. The van der Waals surface area contributed by atoms with Crippen LogP contribution in [-0.2, 0) is 19.4 Å². The van der Waals surface area contributed by atoms with E-state index >= 15 is 0 Å². The van der Waals surface area contributed by atoms with Crippen molar-refractivity contribution in [3.63, 3.8) is 0 Å². The molecule has 1 aliphatic rings. The number of rotatable bonds is 5. The van der Waals surface area contributed by atoms with Crippen molar-refractivity contribution in [2.24, 2.45) is 0 Å². The van der Waals surface area contributed by atoms with E-state index in [9.17, 15) is 0 Å². The molecule has 0 atom stereocenters. The molecular weight excluding hydrogens is 270 g/mol. The molecule has 0 saturated heterocycles. The molecule has 1 N–H and O–H groups in total. The lowest BCUT2D eigenvalue weighted by atomic mass is 10.1. The molecule has 0 radical (unpaired) electrons. The van der Waals surface area contributed by atoms with Gasteiger partial charge in [-0.05, 0) is 47.9 Å². The molecule has 3 rings (SSSR count). The molecule has 2 aromatic carbocycles. The number of hydrogen-bond acceptors (Lipinski definition) is 2. The Hall–Kier alpha value is -1.51. The van der Waals surface area contributed by atoms with E-state index in [4.69, 9.17) is 16.3 Å². The summed E-state index contributed by atoms with van der Waals surface area (Å²) in [4.78, 5) is 0. The largest absolute Gasteiger partial charge is 0.493 e. The maximum absolute atomic E-state index is 5.87. The molecule has 0 unspecified atom stereocenters. The van der Waals surface area contributed by atoms with Gasteiger partial charge < -0.3 is 10.1 Å². The van der Waals surface area contributed by atoms with Gasteiger partial charge in [0.2, 0.25) is 0 Å². The Bertz CT molecular complexity index is 580. The van der Waals surface area contributed by atoms with Crippen LogP contribution in [0.2, 0.25) is 5.02 Å². The highest BCUT2D eigenvalue weighted by molar-refractivity contribution is 6.30. The summed E-state index contributed by atoms with van der Waals surface area (Å²) in [6, 6.07) is 14.5. The Morgan fingerprint density at radius 1 is 1.05 bits per heavy atom. The van der Waals surface area contributed by atoms with Gasteiger partial charge in [-0.2, -0.15) is 0 Å². The Kier molecular flexibility index (Phi) is 4.24. The highest BCUT2D eigenvalue weighted by atomic mass is 35.5. The average molecular weight is 288 g/mol. The van der Waals surface area contributed by atoms with Crippen molar-refractivity contribution in [2.75, 3.05) is 13.2 Å². The zero-order valence-electron chi connectivity index (χ0n) is 11.4. The highest BCUT2D eigenvalue weighted by Gasteiger charge is 2.11. The van der Waals surface area contributed by atoms with E-state index in [0.29, 0.717) is 0 Å². The number of benzene rings is 2. The first-order chi connectivity index (χ1) is 9.81. The van der Waals surface area contributed by atoms with Gasteiger partial charge in [0, 0.05) is 18.0 Å². The van der Waals surface area contributed by atoms with Crippen LogP contribution in [0.5, 0.6) is 5.75 Å². The highest BCUT2D eigenvalue weighted by Crippen LogP contribution is 2.25. The van der Waals surface area contributed by atoms with Crippen molar-refractivity contribution in [3.8, 4) is 5.75 Å². The summed E-state index contributed by atoms with van der Waals surface area (Å²) in [5.74, 6) is 1.05. The van der Waals surface area contributed by atoms with E-state index < -0.39 is 0 Å². The minimum atomic E-state index is 0.794. The van der Waals surface area contributed by atoms with Gasteiger partial charge in [0.25, 0.3) is 0 Å². The fourth-order valence-electron chi connectivity index (χ4n) is 2.47. The summed E-state index contributed by atoms with van der Waals surface area (Å²) in [6.45, 7) is 2.69. The first-order valence-electron chi connectivity index (χ1n) is 7.01. The first-order valence-corrected chi connectivity index (χ1v) is 7.39. The molecule has 2 nitrogen and oxygen atoms in total. The monoisotopic (exact) mass is 287 g/mol. The molecule has 0 bridgehead atoms. The van der Waals surface area contributed by atoms with Gasteiger partial charge in [0.1, 0.15) is 5.75 Å². The maximum atomic E-state index is 5.87. The van der Waals surface area contributed by atoms with Crippen molar-refractivity contribution >= 4 is 11.6 Å². The second-order valence-electron chi connectivity index (χ2n) is 5.09. The SMILES string of the molecule is Clc1ccc(CCNCc2ccc3c(c2)CCO3)cc1. The standard InChI is InChI=1S/C17H18ClNO/c18-16-4-1-13(2-5-16)7-9-19-12-14-3-6-17-15(11-14)8-10-20-17/h1-6,11,19H,7-10,12H2. The van der Waals surface area contributed by atoms with Gasteiger partial charge >= 0.3 is 0 Å². The van der Waals surface area contributed by atoms with E-state index in [-0.39, 0.29) is 0 Å². The lowest BCUT2D eigenvalue weighted by Gasteiger charge is -2.07. The number of halogens is 1. The van der Waals surface area contributed by atoms with Crippen LogP contribution in [0.3, 0.4) is 0 Å². The average Bonchev–Trinajstić information content (AvgIpc) is 2.93. The summed E-state index contributed by atoms with van der Waals surface area (Å²) in [6.07, 6.45) is 2.05. The second kappa shape index (κ2) is 6.29. The van der Waals surface area contributed by atoms with Crippen LogP contribution in [0.4, 0.5) is 0 Å². The van der Waals surface area contributed by atoms with Gasteiger partial charge in [-0.15, -0.1) is 0 Å². The van der Waals surface area contributed by atoms with E-state index in [0.717, 1.165) is 43.3 Å². The molecule has 0 fully saturated rings. The lowest BCUT2D eigenvalue weighted by Crippen LogP contribution is -2.16.